The van der Waals surface area contributed by atoms with E-state index in [9.17, 15) is 18.3 Å². The van der Waals surface area contributed by atoms with Crippen molar-refractivity contribution in [1.82, 2.24) is 4.31 Å². The topological polar surface area (TPSA) is 86.7 Å². The van der Waals surface area contributed by atoms with Gasteiger partial charge in [0.15, 0.2) is 0 Å². The van der Waals surface area contributed by atoms with Gasteiger partial charge in [-0.15, -0.1) is 0 Å². The number of nitrogens with zero attached hydrogens (tertiary/aromatic N) is 1. The lowest BCUT2D eigenvalue weighted by molar-refractivity contribution is 0.0695. The van der Waals surface area contributed by atoms with E-state index in [1.807, 2.05) is 0 Å². The van der Waals surface area contributed by atoms with Crippen molar-refractivity contribution in [2.45, 2.75) is 25.7 Å². The van der Waals surface area contributed by atoms with Crippen LogP contribution in [0.25, 0.3) is 0 Å². The SMILES string of the molecule is CN(C)S(=O)(=O)Nc1ccc(C(=O)O)c2c1CCCC2. The van der Waals surface area contributed by atoms with Crippen LogP contribution in [-0.2, 0) is 23.1 Å². The van der Waals surface area contributed by atoms with E-state index in [1.165, 1.54) is 26.2 Å². The highest BCUT2D eigenvalue weighted by Crippen LogP contribution is 2.31. The van der Waals surface area contributed by atoms with Crippen LogP contribution in [0.15, 0.2) is 12.1 Å². The van der Waals surface area contributed by atoms with Gasteiger partial charge in [-0.3, -0.25) is 4.72 Å². The number of aromatic carboxylic acids is 1. The summed E-state index contributed by atoms with van der Waals surface area (Å²) < 4.78 is 27.4. The molecule has 0 fully saturated rings. The Morgan fingerprint density at radius 2 is 1.80 bits per heavy atom. The number of carbonyl (C=O) groups is 1. The number of anilines is 1. The van der Waals surface area contributed by atoms with E-state index >= 15 is 0 Å². The number of nitrogens with one attached hydrogen (secondary N) is 1. The van der Waals surface area contributed by atoms with E-state index < -0.39 is 16.2 Å². The average molecular weight is 298 g/mol. The Labute approximate surface area is 118 Å². The summed E-state index contributed by atoms with van der Waals surface area (Å²) >= 11 is 0. The quantitative estimate of drug-likeness (QED) is 0.881. The van der Waals surface area contributed by atoms with Crippen LogP contribution in [0.1, 0.15) is 34.3 Å². The molecule has 1 aliphatic carbocycles. The maximum absolute atomic E-state index is 11.9. The molecular formula is C13H18N2O4S. The lowest BCUT2D eigenvalue weighted by Crippen LogP contribution is -2.29. The largest absolute Gasteiger partial charge is 0.478 e. The molecule has 0 bridgehead atoms. The second-order valence-electron chi connectivity index (χ2n) is 5.02. The minimum atomic E-state index is -3.58. The molecule has 0 spiro atoms. The van der Waals surface area contributed by atoms with E-state index in [0.717, 1.165) is 28.3 Å². The molecule has 110 valence electrons. The molecule has 0 heterocycles. The van der Waals surface area contributed by atoms with Crippen molar-refractivity contribution in [1.29, 1.82) is 0 Å². The monoisotopic (exact) mass is 298 g/mol. The summed E-state index contributed by atoms with van der Waals surface area (Å²) in [6, 6.07) is 3.01. The van der Waals surface area contributed by atoms with Gasteiger partial charge in [-0.25, -0.2) is 4.79 Å². The minimum Gasteiger partial charge on any atom is -0.478 e. The average Bonchev–Trinajstić information content (AvgIpc) is 2.38. The number of benzene rings is 1. The van der Waals surface area contributed by atoms with Crippen LogP contribution < -0.4 is 4.72 Å². The number of hydrogen-bond acceptors (Lipinski definition) is 3. The third-order valence-electron chi connectivity index (χ3n) is 3.48. The maximum atomic E-state index is 11.9. The van der Waals surface area contributed by atoms with Crippen LogP contribution in [-0.4, -0.2) is 37.9 Å². The molecule has 1 aromatic carbocycles. The van der Waals surface area contributed by atoms with Gasteiger partial charge in [0.2, 0.25) is 0 Å². The van der Waals surface area contributed by atoms with Crippen molar-refractivity contribution in [3.8, 4) is 0 Å². The Hall–Kier alpha value is -1.60. The molecule has 2 N–H and O–H groups in total. The highest BCUT2D eigenvalue weighted by molar-refractivity contribution is 7.90. The molecule has 2 rings (SSSR count). The van der Waals surface area contributed by atoms with Gasteiger partial charge >= 0.3 is 16.2 Å². The van der Waals surface area contributed by atoms with Gasteiger partial charge in [0.1, 0.15) is 0 Å². The zero-order chi connectivity index (χ0) is 14.9. The third-order valence-corrected chi connectivity index (χ3v) is 4.92. The molecule has 0 saturated carbocycles. The molecule has 0 aromatic heterocycles. The first-order valence-corrected chi connectivity index (χ1v) is 7.85. The number of fused-ring (bicyclic) bond motifs is 1. The fourth-order valence-electron chi connectivity index (χ4n) is 2.39. The van der Waals surface area contributed by atoms with Gasteiger partial charge < -0.3 is 5.11 Å². The van der Waals surface area contributed by atoms with Crippen LogP contribution in [0.4, 0.5) is 5.69 Å². The molecular weight excluding hydrogens is 280 g/mol. The summed E-state index contributed by atoms with van der Waals surface area (Å²) in [7, 11) is -0.692. The number of carboxylic acid groups (broad SMARTS) is 1. The molecule has 0 unspecified atom stereocenters. The van der Waals surface area contributed by atoms with Crippen LogP contribution in [0.5, 0.6) is 0 Å². The summed E-state index contributed by atoms with van der Waals surface area (Å²) in [5.74, 6) is -0.967. The van der Waals surface area contributed by atoms with E-state index in [2.05, 4.69) is 4.72 Å². The van der Waals surface area contributed by atoms with Gasteiger partial charge in [0, 0.05) is 14.1 Å². The second kappa shape index (κ2) is 5.41. The maximum Gasteiger partial charge on any atom is 0.335 e. The van der Waals surface area contributed by atoms with Crippen molar-refractivity contribution < 1.29 is 18.3 Å². The minimum absolute atomic E-state index is 0.271. The fraction of sp³-hybridized carbons (Fsp3) is 0.462. The zero-order valence-electron chi connectivity index (χ0n) is 11.5. The fourth-order valence-corrected chi connectivity index (χ4v) is 3.05. The van der Waals surface area contributed by atoms with Gasteiger partial charge in [-0.1, -0.05) is 0 Å². The van der Waals surface area contributed by atoms with Crippen LogP contribution in [0.3, 0.4) is 0 Å². The predicted molar refractivity (Wildman–Crippen MR) is 76.3 cm³/mol. The standard InChI is InChI=1S/C13H18N2O4S/c1-15(2)20(18,19)14-12-8-7-11(13(16)17)9-5-3-4-6-10(9)12/h7-8,14H,3-6H2,1-2H3,(H,16,17). The van der Waals surface area contributed by atoms with Crippen LogP contribution in [0, 0.1) is 0 Å². The zero-order valence-corrected chi connectivity index (χ0v) is 12.3. The molecule has 6 nitrogen and oxygen atoms in total. The Balaban J connectivity index is 2.49. The van der Waals surface area contributed by atoms with Crippen molar-refractivity contribution in [3.05, 3.63) is 28.8 Å². The van der Waals surface area contributed by atoms with E-state index in [0.29, 0.717) is 18.5 Å². The van der Waals surface area contributed by atoms with Crippen LogP contribution >= 0.6 is 0 Å². The van der Waals surface area contributed by atoms with Gasteiger partial charge in [-0.05, 0) is 48.9 Å². The van der Waals surface area contributed by atoms with Crippen LogP contribution in [0.2, 0.25) is 0 Å². The molecule has 20 heavy (non-hydrogen) atoms. The summed E-state index contributed by atoms with van der Waals surface area (Å²) in [5, 5.41) is 9.21. The normalized spacial score (nSPS) is 14.9. The van der Waals surface area contributed by atoms with Crippen molar-refractivity contribution in [2.24, 2.45) is 0 Å². The van der Waals surface area contributed by atoms with Crippen molar-refractivity contribution >= 4 is 21.9 Å². The molecule has 7 heteroatoms. The lowest BCUT2D eigenvalue weighted by atomic mass is 9.87. The molecule has 0 amide bonds. The van der Waals surface area contributed by atoms with Crippen molar-refractivity contribution in [3.63, 3.8) is 0 Å². The Kier molecular flexibility index (Phi) is 4.01. The number of rotatable bonds is 4. The molecule has 1 aliphatic rings. The smallest absolute Gasteiger partial charge is 0.335 e. The summed E-state index contributed by atoms with van der Waals surface area (Å²) in [5.41, 5.74) is 2.31. The summed E-state index contributed by atoms with van der Waals surface area (Å²) in [4.78, 5) is 11.2. The second-order valence-corrected chi connectivity index (χ2v) is 6.90. The van der Waals surface area contributed by atoms with Gasteiger partial charge in [-0.2, -0.15) is 12.7 Å². The van der Waals surface area contributed by atoms with E-state index in [4.69, 9.17) is 0 Å². The first-order chi connectivity index (χ1) is 9.33. The van der Waals surface area contributed by atoms with Gasteiger partial charge in [0.05, 0.1) is 11.3 Å². The summed E-state index contributed by atoms with van der Waals surface area (Å²) in [6.07, 6.45) is 3.24. The number of carboxylic acids is 1. The molecule has 0 saturated heterocycles. The number of hydrogen-bond donors (Lipinski definition) is 2. The Morgan fingerprint density at radius 1 is 1.20 bits per heavy atom. The predicted octanol–water partition coefficient (Wildman–Crippen LogP) is 1.48. The van der Waals surface area contributed by atoms with Crippen molar-refractivity contribution in [2.75, 3.05) is 18.8 Å². The highest BCUT2D eigenvalue weighted by atomic mass is 32.2. The first-order valence-electron chi connectivity index (χ1n) is 6.41. The lowest BCUT2D eigenvalue weighted by Gasteiger charge is -2.23. The molecule has 1 aromatic rings. The Morgan fingerprint density at radius 3 is 2.35 bits per heavy atom. The summed E-state index contributed by atoms with van der Waals surface area (Å²) in [6.45, 7) is 0. The molecule has 0 aliphatic heterocycles. The van der Waals surface area contributed by atoms with Gasteiger partial charge in [0.25, 0.3) is 0 Å². The van der Waals surface area contributed by atoms with E-state index in [1.54, 1.807) is 0 Å². The Bertz CT molecular complexity index is 638. The third kappa shape index (κ3) is 2.78. The first kappa shape index (κ1) is 14.8. The molecule has 0 radical (unpaired) electrons. The van der Waals surface area contributed by atoms with E-state index in [-0.39, 0.29) is 5.56 Å². The highest BCUT2D eigenvalue weighted by Gasteiger charge is 2.23. The molecule has 0 atom stereocenters.